The Morgan fingerprint density at radius 1 is 1.00 bits per heavy atom. The van der Waals surface area contributed by atoms with Crippen molar-refractivity contribution in [1.29, 1.82) is 0 Å². The van der Waals surface area contributed by atoms with Crippen molar-refractivity contribution in [3.63, 3.8) is 0 Å². The fraction of sp³-hybridized carbons (Fsp3) is 0.542. The molecule has 2 fully saturated rings. The fourth-order valence-electron chi connectivity index (χ4n) is 4.49. The van der Waals surface area contributed by atoms with Gasteiger partial charge < -0.3 is 29.1 Å². The maximum Gasteiger partial charge on any atom is 0.313 e. The van der Waals surface area contributed by atoms with E-state index in [1.54, 1.807) is 24.3 Å². The second-order valence-electron chi connectivity index (χ2n) is 8.62. The van der Waals surface area contributed by atoms with Gasteiger partial charge in [0.25, 0.3) is 5.91 Å². The van der Waals surface area contributed by atoms with E-state index >= 15 is 0 Å². The van der Waals surface area contributed by atoms with E-state index in [0.29, 0.717) is 12.4 Å². The molecule has 1 saturated carbocycles. The minimum absolute atomic E-state index is 0.0189. The number of hydrogen-bond acceptors (Lipinski definition) is 6. The molecule has 3 amide bonds. The van der Waals surface area contributed by atoms with Gasteiger partial charge in [0.2, 0.25) is 0 Å². The molecule has 0 unspecified atom stereocenters. The molecule has 3 heterocycles. The number of amides is 3. The van der Waals surface area contributed by atoms with E-state index in [1.165, 1.54) is 17.4 Å². The summed E-state index contributed by atoms with van der Waals surface area (Å²) in [5.74, 6) is -1.06. The Balaban J connectivity index is 1.54. The first-order valence-corrected chi connectivity index (χ1v) is 11.7. The van der Waals surface area contributed by atoms with Crippen LogP contribution in [0.2, 0.25) is 0 Å². The minimum Gasteiger partial charge on any atom is -0.467 e. The molecular formula is C24H31N3O6. The monoisotopic (exact) mass is 457 g/mol. The molecule has 9 heteroatoms. The van der Waals surface area contributed by atoms with E-state index in [4.69, 9.17) is 13.6 Å². The second kappa shape index (κ2) is 11.2. The summed E-state index contributed by atoms with van der Waals surface area (Å²) in [5.41, 5.74) is 0. The van der Waals surface area contributed by atoms with Gasteiger partial charge >= 0.3 is 11.8 Å². The van der Waals surface area contributed by atoms with Crippen molar-refractivity contribution in [3.8, 4) is 0 Å². The molecule has 2 aromatic heterocycles. The number of hydrogen-bond donors (Lipinski definition) is 2. The van der Waals surface area contributed by atoms with E-state index in [-0.39, 0.29) is 31.0 Å². The maximum absolute atomic E-state index is 13.4. The standard InChI is InChI=1S/C24H31N3O6/c28-22(25-15-18-9-4-12-31-18)21(20-11-6-14-33-20)27(16-19-10-5-13-32-19)24(30)23(29)26-17-7-2-1-3-8-17/h4,6,9,11-12,14,17,19,21H,1-3,5,7-8,10,13,15-16H2,(H,25,28)(H,26,29)/t19-,21+/m1/s1. The van der Waals surface area contributed by atoms with Gasteiger partial charge in [0.05, 0.1) is 25.2 Å². The molecule has 2 aliphatic rings. The van der Waals surface area contributed by atoms with Crippen LogP contribution < -0.4 is 10.6 Å². The van der Waals surface area contributed by atoms with E-state index in [0.717, 1.165) is 44.9 Å². The Bertz CT molecular complexity index is 899. The topological polar surface area (TPSA) is 114 Å². The molecule has 1 aliphatic heterocycles. The molecule has 0 aromatic carbocycles. The average molecular weight is 458 g/mol. The van der Waals surface area contributed by atoms with Crippen LogP contribution in [0.1, 0.15) is 62.5 Å². The summed E-state index contributed by atoms with van der Waals surface area (Å²) in [6.45, 7) is 0.868. The molecule has 2 N–H and O–H groups in total. The van der Waals surface area contributed by atoms with Gasteiger partial charge in [-0.25, -0.2) is 0 Å². The Morgan fingerprint density at radius 3 is 2.45 bits per heavy atom. The first-order chi connectivity index (χ1) is 16.1. The molecule has 178 valence electrons. The number of furan rings is 2. The van der Waals surface area contributed by atoms with Crippen LogP contribution >= 0.6 is 0 Å². The Kier molecular flexibility index (Phi) is 7.83. The maximum atomic E-state index is 13.4. The van der Waals surface area contributed by atoms with E-state index in [9.17, 15) is 14.4 Å². The molecule has 0 bridgehead atoms. The van der Waals surface area contributed by atoms with Gasteiger partial charge in [-0.05, 0) is 49.9 Å². The first-order valence-electron chi connectivity index (χ1n) is 11.7. The van der Waals surface area contributed by atoms with Crippen molar-refractivity contribution in [2.24, 2.45) is 0 Å². The largest absolute Gasteiger partial charge is 0.467 e. The highest BCUT2D eigenvalue weighted by Gasteiger charge is 2.39. The number of rotatable bonds is 8. The lowest BCUT2D eigenvalue weighted by Crippen LogP contribution is -2.52. The quantitative estimate of drug-likeness (QED) is 0.589. The van der Waals surface area contributed by atoms with E-state index < -0.39 is 23.8 Å². The van der Waals surface area contributed by atoms with Crippen molar-refractivity contribution < 1.29 is 28.0 Å². The number of nitrogens with zero attached hydrogens (tertiary/aromatic N) is 1. The summed E-state index contributed by atoms with van der Waals surface area (Å²) < 4.78 is 16.5. The van der Waals surface area contributed by atoms with Crippen LogP contribution in [0.5, 0.6) is 0 Å². The highest BCUT2D eigenvalue weighted by atomic mass is 16.5. The van der Waals surface area contributed by atoms with Gasteiger partial charge in [-0.3, -0.25) is 14.4 Å². The lowest BCUT2D eigenvalue weighted by Gasteiger charge is -2.32. The van der Waals surface area contributed by atoms with Gasteiger partial charge in [0, 0.05) is 19.2 Å². The summed E-state index contributed by atoms with van der Waals surface area (Å²) in [7, 11) is 0. The number of ether oxygens (including phenoxy) is 1. The average Bonchev–Trinajstić information content (AvgIpc) is 3.62. The third kappa shape index (κ3) is 6.04. The van der Waals surface area contributed by atoms with Crippen LogP contribution in [-0.4, -0.2) is 47.9 Å². The number of carbonyl (C=O) groups is 3. The Labute approximate surface area is 192 Å². The smallest absolute Gasteiger partial charge is 0.313 e. The predicted molar refractivity (Wildman–Crippen MR) is 118 cm³/mol. The summed E-state index contributed by atoms with van der Waals surface area (Å²) in [5, 5.41) is 5.66. The summed E-state index contributed by atoms with van der Waals surface area (Å²) in [4.78, 5) is 40.9. The van der Waals surface area contributed by atoms with Crippen molar-refractivity contribution in [2.75, 3.05) is 13.2 Å². The SMILES string of the molecule is O=C(NC1CCCCC1)C(=O)N(C[C@H]1CCCO1)[C@H](C(=O)NCc1ccco1)c1ccco1. The van der Waals surface area contributed by atoms with Crippen LogP contribution in [0.15, 0.2) is 45.6 Å². The third-order valence-corrected chi connectivity index (χ3v) is 6.21. The minimum atomic E-state index is -1.11. The molecule has 0 spiro atoms. The lowest BCUT2D eigenvalue weighted by molar-refractivity contribution is -0.152. The van der Waals surface area contributed by atoms with Crippen LogP contribution in [0.25, 0.3) is 0 Å². The van der Waals surface area contributed by atoms with Gasteiger partial charge in [0.1, 0.15) is 11.5 Å². The molecule has 2 atom stereocenters. The van der Waals surface area contributed by atoms with E-state index in [2.05, 4.69) is 10.6 Å². The third-order valence-electron chi connectivity index (χ3n) is 6.21. The molecule has 0 radical (unpaired) electrons. The second-order valence-corrected chi connectivity index (χ2v) is 8.62. The summed E-state index contributed by atoms with van der Waals surface area (Å²) in [6, 6.07) is 5.63. The highest BCUT2D eigenvalue weighted by molar-refractivity contribution is 6.35. The molecule has 4 rings (SSSR count). The van der Waals surface area contributed by atoms with Crippen LogP contribution in [0.4, 0.5) is 0 Å². The predicted octanol–water partition coefficient (Wildman–Crippen LogP) is 2.69. The molecular weight excluding hydrogens is 426 g/mol. The van der Waals surface area contributed by atoms with Crippen molar-refractivity contribution in [1.82, 2.24) is 15.5 Å². The number of nitrogens with one attached hydrogen (secondary N) is 2. The highest BCUT2D eigenvalue weighted by Crippen LogP contribution is 2.26. The Morgan fingerprint density at radius 2 is 1.79 bits per heavy atom. The summed E-state index contributed by atoms with van der Waals surface area (Å²) >= 11 is 0. The molecule has 1 saturated heterocycles. The fourth-order valence-corrected chi connectivity index (χ4v) is 4.49. The zero-order valence-corrected chi connectivity index (χ0v) is 18.7. The number of carbonyl (C=O) groups excluding carboxylic acids is 3. The van der Waals surface area contributed by atoms with Crippen LogP contribution in [0.3, 0.4) is 0 Å². The zero-order chi connectivity index (χ0) is 23.0. The molecule has 2 aromatic rings. The van der Waals surface area contributed by atoms with Crippen molar-refractivity contribution in [2.45, 2.75) is 69.7 Å². The van der Waals surface area contributed by atoms with Gasteiger partial charge in [-0.1, -0.05) is 19.3 Å². The Hall–Kier alpha value is -3.07. The summed E-state index contributed by atoms with van der Waals surface area (Å²) in [6.07, 6.45) is 9.27. The molecule has 1 aliphatic carbocycles. The first kappa shape index (κ1) is 23.1. The zero-order valence-electron chi connectivity index (χ0n) is 18.7. The van der Waals surface area contributed by atoms with Crippen LogP contribution in [-0.2, 0) is 25.7 Å². The van der Waals surface area contributed by atoms with Gasteiger partial charge in [0.15, 0.2) is 6.04 Å². The molecule has 9 nitrogen and oxygen atoms in total. The van der Waals surface area contributed by atoms with Crippen molar-refractivity contribution >= 4 is 17.7 Å². The normalized spacial score (nSPS) is 19.7. The van der Waals surface area contributed by atoms with E-state index in [1.807, 2.05) is 0 Å². The molecule has 33 heavy (non-hydrogen) atoms. The lowest BCUT2D eigenvalue weighted by atomic mass is 9.95. The van der Waals surface area contributed by atoms with Crippen molar-refractivity contribution in [3.05, 3.63) is 48.3 Å². The van der Waals surface area contributed by atoms with Gasteiger partial charge in [-0.2, -0.15) is 0 Å². The van der Waals surface area contributed by atoms with Gasteiger partial charge in [-0.15, -0.1) is 0 Å². The van der Waals surface area contributed by atoms with Crippen LogP contribution in [0, 0.1) is 0 Å².